The van der Waals surface area contributed by atoms with Crippen LogP contribution >= 0.6 is 0 Å². The highest BCUT2D eigenvalue weighted by Crippen LogP contribution is 2.22. The van der Waals surface area contributed by atoms with E-state index in [0.29, 0.717) is 28.5 Å². The molecule has 5 heteroatoms. The maximum Gasteiger partial charge on any atom is 0.266 e. The standard InChI is InChI=1S/C17H12FNO3/c1-22-14-6-5-11-9-19(13-4-2-3-12(18)7-13)17(21)16(10-20)15(11)8-14/h2-10H,1H3. The molecule has 0 spiro atoms. The smallest absolute Gasteiger partial charge is 0.266 e. The van der Waals surface area contributed by atoms with Crippen molar-refractivity contribution in [2.45, 2.75) is 0 Å². The van der Waals surface area contributed by atoms with Crippen molar-refractivity contribution in [1.82, 2.24) is 4.57 Å². The Morgan fingerprint density at radius 1 is 1.18 bits per heavy atom. The van der Waals surface area contributed by atoms with Gasteiger partial charge < -0.3 is 4.74 Å². The minimum Gasteiger partial charge on any atom is -0.497 e. The number of carbonyl (C=O) groups excluding carboxylic acids is 1. The van der Waals surface area contributed by atoms with Gasteiger partial charge in [-0.1, -0.05) is 6.07 Å². The largest absolute Gasteiger partial charge is 0.497 e. The van der Waals surface area contributed by atoms with Crippen LogP contribution in [0.5, 0.6) is 5.75 Å². The third-order valence-corrected chi connectivity index (χ3v) is 3.47. The van der Waals surface area contributed by atoms with Crippen LogP contribution in [0.4, 0.5) is 4.39 Å². The lowest BCUT2D eigenvalue weighted by Gasteiger charge is -2.10. The molecule has 0 bridgehead atoms. The first-order valence-corrected chi connectivity index (χ1v) is 6.58. The van der Waals surface area contributed by atoms with Gasteiger partial charge in [0.25, 0.3) is 5.56 Å². The van der Waals surface area contributed by atoms with Crippen LogP contribution in [0.2, 0.25) is 0 Å². The Kier molecular flexibility index (Phi) is 3.47. The summed E-state index contributed by atoms with van der Waals surface area (Å²) in [6.45, 7) is 0. The first kappa shape index (κ1) is 14.0. The summed E-state index contributed by atoms with van der Waals surface area (Å²) in [5, 5.41) is 1.19. The fraction of sp³-hybridized carbons (Fsp3) is 0.0588. The number of nitrogens with zero attached hydrogens (tertiary/aromatic N) is 1. The van der Waals surface area contributed by atoms with Crippen molar-refractivity contribution in [3.05, 3.63) is 70.4 Å². The van der Waals surface area contributed by atoms with Gasteiger partial charge in [0.2, 0.25) is 0 Å². The van der Waals surface area contributed by atoms with Crippen molar-refractivity contribution in [2.75, 3.05) is 7.11 Å². The Morgan fingerprint density at radius 3 is 2.68 bits per heavy atom. The van der Waals surface area contributed by atoms with Crippen LogP contribution in [0.1, 0.15) is 10.4 Å². The van der Waals surface area contributed by atoms with E-state index < -0.39 is 11.4 Å². The van der Waals surface area contributed by atoms with E-state index in [1.807, 2.05) is 0 Å². The molecule has 0 aliphatic carbocycles. The Hall–Kier alpha value is -2.95. The summed E-state index contributed by atoms with van der Waals surface area (Å²) in [5.41, 5.74) is -0.118. The maximum absolute atomic E-state index is 13.4. The van der Waals surface area contributed by atoms with Gasteiger partial charge in [-0.05, 0) is 41.8 Å². The molecule has 0 aliphatic rings. The monoisotopic (exact) mass is 297 g/mol. The minimum atomic E-state index is -0.499. The fourth-order valence-electron chi connectivity index (χ4n) is 2.38. The van der Waals surface area contributed by atoms with Crippen molar-refractivity contribution in [2.24, 2.45) is 0 Å². The van der Waals surface area contributed by atoms with Gasteiger partial charge in [0.1, 0.15) is 11.6 Å². The van der Waals surface area contributed by atoms with Crippen LogP contribution in [0, 0.1) is 5.82 Å². The zero-order valence-electron chi connectivity index (χ0n) is 11.7. The molecule has 0 atom stereocenters. The number of pyridine rings is 1. The SMILES string of the molecule is COc1ccc2cn(-c3cccc(F)c3)c(=O)c(C=O)c2c1. The molecule has 3 aromatic rings. The number of aromatic nitrogens is 1. The molecule has 4 nitrogen and oxygen atoms in total. The molecular weight excluding hydrogens is 285 g/mol. The van der Waals surface area contributed by atoms with E-state index >= 15 is 0 Å². The van der Waals surface area contributed by atoms with E-state index in [2.05, 4.69) is 0 Å². The zero-order valence-corrected chi connectivity index (χ0v) is 11.7. The minimum absolute atomic E-state index is 0.0145. The molecule has 2 aromatic carbocycles. The van der Waals surface area contributed by atoms with Crippen LogP contribution in [0.3, 0.4) is 0 Å². The predicted molar refractivity (Wildman–Crippen MR) is 81.4 cm³/mol. The first-order valence-electron chi connectivity index (χ1n) is 6.58. The number of hydrogen-bond acceptors (Lipinski definition) is 3. The summed E-state index contributed by atoms with van der Waals surface area (Å²) in [6.07, 6.45) is 2.10. The van der Waals surface area contributed by atoms with Gasteiger partial charge in [-0.3, -0.25) is 14.2 Å². The third-order valence-electron chi connectivity index (χ3n) is 3.47. The Balaban J connectivity index is 2.36. The summed E-state index contributed by atoms with van der Waals surface area (Å²) < 4.78 is 19.8. The highest BCUT2D eigenvalue weighted by atomic mass is 19.1. The van der Waals surface area contributed by atoms with Crippen LogP contribution in [-0.2, 0) is 0 Å². The second kappa shape index (κ2) is 5.44. The number of carbonyl (C=O) groups is 1. The van der Waals surface area contributed by atoms with Crippen LogP contribution < -0.4 is 10.3 Å². The Bertz CT molecular complexity index is 931. The van der Waals surface area contributed by atoms with Crippen molar-refractivity contribution < 1.29 is 13.9 Å². The molecule has 0 unspecified atom stereocenters. The molecule has 0 N–H and O–H groups in total. The lowest BCUT2D eigenvalue weighted by Crippen LogP contribution is -2.22. The van der Waals surface area contributed by atoms with E-state index in [0.717, 1.165) is 0 Å². The molecule has 0 amide bonds. The van der Waals surface area contributed by atoms with E-state index in [1.54, 1.807) is 30.5 Å². The van der Waals surface area contributed by atoms with Crippen molar-refractivity contribution in [3.8, 4) is 11.4 Å². The highest BCUT2D eigenvalue weighted by molar-refractivity contribution is 5.98. The topological polar surface area (TPSA) is 48.3 Å². The van der Waals surface area contributed by atoms with E-state index in [9.17, 15) is 14.0 Å². The molecule has 0 radical (unpaired) electrons. The molecule has 110 valence electrons. The Labute approximate surface area is 125 Å². The summed E-state index contributed by atoms with van der Waals surface area (Å²) in [7, 11) is 1.51. The molecular formula is C17H12FNO3. The molecule has 3 rings (SSSR count). The Morgan fingerprint density at radius 2 is 2.00 bits per heavy atom. The molecule has 0 saturated carbocycles. The van der Waals surface area contributed by atoms with Crippen molar-refractivity contribution in [3.63, 3.8) is 0 Å². The average Bonchev–Trinajstić information content (AvgIpc) is 2.53. The molecule has 0 aliphatic heterocycles. The summed E-state index contributed by atoms with van der Waals surface area (Å²) in [4.78, 5) is 23.9. The molecule has 1 heterocycles. The summed E-state index contributed by atoms with van der Waals surface area (Å²) in [6, 6.07) is 10.8. The maximum atomic E-state index is 13.4. The third kappa shape index (κ3) is 2.26. The second-order valence-corrected chi connectivity index (χ2v) is 4.77. The van der Waals surface area contributed by atoms with Gasteiger partial charge in [0.15, 0.2) is 6.29 Å². The van der Waals surface area contributed by atoms with Crippen molar-refractivity contribution >= 4 is 17.1 Å². The van der Waals surface area contributed by atoms with Gasteiger partial charge in [-0.25, -0.2) is 4.39 Å². The zero-order chi connectivity index (χ0) is 15.7. The van der Waals surface area contributed by atoms with E-state index in [-0.39, 0.29) is 5.56 Å². The molecule has 22 heavy (non-hydrogen) atoms. The predicted octanol–water partition coefficient (Wildman–Crippen LogP) is 2.95. The fourth-order valence-corrected chi connectivity index (χ4v) is 2.38. The van der Waals surface area contributed by atoms with Gasteiger partial charge >= 0.3 is 0 Å². The number of rotatable bonds is 3. The second-order valence-electron chi connectivity index (χ2n) is 4.77. The number of methoxy groups -OCH3 is 1. The number of hydrogen-bond donors (Lipinski definition) is 0. The van der Waals surface area contributed by atoms with Gasteiger partial charge in [-0.2, -0.15) is 0 Å². The van der Waals surface area contributed by atoms with Crippen LogP contribution in [0.15, 0.2) is 53.5 Å². The molecule has 1 aromatic heterocycles. The van der Waals surface area contributed by atoms with Gasteiger partial charge in [0, 0.05) is 11.6 Å². The lowest BCUT2D eigenvalue weighted by molar-refractivity contribution is 0.112. The number of benzene rings is 2. The number of halogens is 1. The van der Waals surface area contributed by atoms with E-state index in [1.165, 1.54) is 29.9 Å². The quantitative estimate of drug-likeness (QED) is 0.698. The van der Waals surface area contributed by atoms with E-state index in [4.69, 9.17) is 4.74 Å². The van der Waals surface area contributed by atoms with Gasteiger partial charge in [0.05, 0.1) is 18.4 Å². The lowest BCUT2D eigenvalue weighted by atomic mass is 10.1. The normalized spacial score (nSPS) is 10.6. The number of aldehydes is 1. The van der Waals surface area contributed by atoms with Crippen LogP contribution in [0.25, 0.3) is 16.5 Å². The average molecular weight is 297 g/mol. The number of ether oxygens (including phenoxy) is 1. The van der Waals surface area contributed by atoms with Crippen LogP contribution in [-0.4, -0.2) is 18.0 Å². The molecule has 0 saturated heterocycles. The van der Waals surface area contributed by atoms with Gasteiger partial charge in [-0.15, -0.1) is 0 Å². The first-order chi connectivity index (χ1) is 10.6. The highest BCUT2D eigenvalue weighted by Gasteiger charge is 2.12. The summed E-state index contributed by atoms with van der Waals surface area (Å²) in [5.74, 6) is 0.102. The summed E-state index contributed by atoms with van der Waals surface area (Å²) >= 11 is 0. The van der Waals surface area contributed by atoms with Crippen molar-refractivity contribution in [1.29, 1.82) is 0 Å². The number of fused-ring (bicyclic) bond motifs is 1. The molecule has 0 fully saturated rings.